The van der Waals surface area contributed by atoms with Crippen LogP contribution in [0.2, 0.25) is 6.04 Å². The van der Waals surface area contributed by atoms with E-state index < -0.39 is 20.8 Å². The number of hydrogen-bond donors (Lipinski definition) is 0. The molecule has 128 valence electrons. The van der Waals surface area contributed by atoms with E-state index in [1.165, 1.54) is 0 Å². The van der Waals surface area contributed by atoms with Crippen LogP contribution in [0.3, 0.4) is 0 Å². The van der Waals surface area contributed by atoms with Crippen LogP contribution in [0.5, 0.6) is 0 Å². The van der Waals surface area contributed by atoms with E-state index in [2.05, 4.69) is 4.58 Å². The van der Waals surface area contributed by atoms with Gasteiger partial charge in [-0.2, -0.15) is 0 Å². The zero-order valence-electron chi connectivity index (χ0n) is 14.0. The normalized spacial score (nSPS) is 16.7. The first-order valence-electron chi connectivity index (χ1n) is 7.73. The van der Waals surface area contributed by atoms with Gasteiger partial charge in [0.1, 0.15) is 19.1 Å². The number of aliphatic carboxylic acids is 1. The predicted molar refractivity (Wildman–Crippen MR) is 82.7 cm³/mol. The van der Waals surface area contributed by atoms with E-state index in [1.54, 1.807) is 21.3 Å². The maximum Gasteiger partial charge on any atom is 0.500 e. The second kappa shape index (κ2) is 9.24. The molecule has 0 N–H and O–H groups in total. The summed E-state index contributed by atoms with van der Waals surface area (Å²) in [5.74, 6) is -0.996. The van der Waals surface area contributed by atoms with Crippen LogP contribution in [-0.4, -0.2) is 77.6 Å². The average molecular weight is 332 g/mol. The molecule has 7 nitrogen and oxygen atoms in total. The summed E-state index contributed by atoms with van der Waals surface area (Å²) in [6.45, 7) is 4.36. The molecule has 0 aromatic heterocycles. The Morgan fingerprint density at radius 1 is 1.36 bits per heavy atom. The topological polar surface area (TPSA) is 74.1 Å². The van der Waals surface area contributed by atoms with Crippen molar-refractivity contribution in [1.29, 1.82) is 0 Å². The Morgan fingerprint density at radius 2 is 2.00 bits per heavy atom. The maximum atomic E-state index is 11.2. The minimum absolute atomic E-state index is 0.527. The van der Waals surface area contributed by atoms with Crippen LogP contribution < -0.4 is 5.11 Å². The highest BCUT2D eigenvalue weighted by atomic mass is 28.4. The largest absolute Gasteiger partial charge is 0.546 e. The summed E-state index contributed by atoms with van der Waals surface area (Å²) < 4.78 is 18.3. The van der Waals surface area contributed by atoms with Gasteiger partial charge >= 0.3 is 8.80 Å². The molecule has 1 unspecified atom stereocenters. The minimum Gasteiger partial charge on any atom is -0.546 e. The Morgan fingerprint density at radius 3 is 2.50 bits per heavy atom. The number of rotatable bonds is 11. The van der Waals surface area contributed by atoms with Crippen molar-refractivity contribution in [2.24, 2.45) is 0 Å². The van der Waals surface area contributed by atoms with Crippen molar-refractivity contribution in [3.63, 3.8) is 0 Å². The second-order valence-electron chi connectivity index (χ2n) is 5.41. The van der Waals surface area contributed by atoms with E-state index >= 15 is 0 Å². The van der Waals surface area contributed by atoms with Gasteiger partial charge in [-0.15, -0.1) is 0 Å². The number of hydrogen-bond acceptors (Lipinski definition) is 6. The van der Waals surface area contributed by atoms with Gasteiger partial charge in [0.05, 0.1) is 12.5 Å². The number of carbonyl (C=O) groups excluding carboxylic acids is 1. The third-order valence-electron chi connectivity index (χ3n) is 4.05. The summed E-state index contributed by atoms with van der Waals surface area (Å²) in [6, 6.07) is 0.208. The van der Waals surface area contributed by atoms with Gasteiger partial charge in [-0.25, -0.2) is 0 Å². The van der Waals surface area contributed by atoms with Crippen LogP contribution in [-0.2, 0) is 18.1 Å². The Balaban J connectivity index is 2.51. The van der Waals surface area contributed by atoms with Gasteiger partial charge in [-0.1, -0.05) is 13.3 Å². The first-order chi connectivity index (χ1) is 10.5. The molecule has 0 bridgehead atoms. The summed E-state index contributed by atoms with van der Waals surface area (Å²) in [5, 5.41) is 11.2. The van der Waals surface area contributed by atoms with E-state index in [0.717, 1.165) is 38.5 Å². The minimum atomic E-state index is -2.52. The number of carboxylic acid groups (broad SMARTS) is 1. The second-order valence-corrected chi connectivity index (χ2v) is 8.50. The lowest BCUT2D eigenvalue weighted by Crippen LogP contribution is -2.46. The standard InChI is InChI=1S/C14H28N2O5Si/c1-5-7-13(14(17)18)16-10-9-15(12-16)8-6-11-22(19-2,20-3)21-4/h12-13H,5-11H2,1-4H3. The third kappa shape index (κ3) is 5.05. The van der Waals surface area contributed by atoms with Crippen molar-refractivity contribution in [3.8, 4) is 0 Å². The van der Waals surface area contributed by atoms with Crippen LogP contribution >= 0.6 is 0 Å². The van der Waals surface area contributed by atoms with Gasteiger partial charge in [0.25, 0.3) is 0 Å². The molecule has 0 saturated heterocycles. The lowest BCUT2D eigenvalue weighted by atomic mass is 10.1. The van der Waals surface area contributed by atoms with Crippen LogP contribution in [0.15, 0.2) is 0 Å². The molecule has 0 aromatic rings. The molecular formula is C14H28N2O5Si. The molecule has 1 aliphatic heterocycles. The number of carboxylic acids is 1. The highest BCUT2D eigenvalue weighted by molar-refractivity contribution is 6.60. The van der Waals surface area contributed by atoms with Crippen molar-refractivity contribution in [1.82, 2.24) is 4.90 Å². The van der Waals surface area contributed by atoms with Crippen molar-refractivity contribution in [3.05, 3.63) is 0 Å². The first-order valence-corrected chi connectivity index (χ1v) is 9.66. The van der Waals surface area contributed by atoms with Gasteiger partial charge in [0.15, 0.2) is 0 Å². The summed E-state index contributed by atoms with van der Waals surface area (Å²) in [6.07, 6.45) is 4.22. The van der Waals surface area contributed by atoms with Gasteiger partial charge < -0.3 is 23.2 Å². The molecule has 1 aliphatic rings. The Bertz CT molecular complexity index is 379. The summed E-state index contributed by atoms with van der Waals surface area (Å²) in [4.78, 5) is 13.1. The molecule has 0 fully saturated rings. The van der Waals surface area contributed by atoms with E-state index in [4.69, 9.17) is 13.3 Å². The molecule has 1 heterocycles. The summed E-state index contributed by atoms with van der Waals surface area (Å²) in [5.41, 5.74) is 0. The molecule has 0 saturated carbocycles. The molecule has 0 aliphatic carbocycles. The lowest BCUT2D eigenvalue weighted by Gasteiger charge is -2.23. The summed E-state index contributed by atoms with van der Waals surface area (Å²) in [7, 11) is 2.31. The molecule has 8 heteroatoms. The molecule has 0 amide bonds. The molecule has 22 heavy (non-hydrogen) atoms. The van der Waals surface area contributed by atoms with Gasteiger partial charge in [0.2, 0.25) is 6.34 Å². The molecule has 1 rings (SSSR count). The van der Waals surface area contributed by atoms with Crippen LogP contribution in [0.1, 0.15) is 26.2 Å². The van der Waals surface area contributed by atoms with E-state index in [1.807, 2.05) is 18.2 Å². The van der Waals surface area contributed by atoms with Crippen LogP contribution in [0.4, 0.5) is 0 Å². The highest BCUT2D eigenvalue weighted by Crippen LogP contribution is 2.15. The molecule has 0 spiro atoms. The quantitative estimate of drug-likeness (QED) is 0.376. The Kier molecular flexibility index (Phi) is 8.01. The monoisotopic (exact) mass is 332 g/mol. The van der Waals surface area contributed by atoms with Crippen molar-refractivity contribution < 1.29 is 27.8 Å². The molecule has 0 radical (unpaired) electrons. The number of carbonyl (C=O) groups is 1. The van der Waals surface area contributed by atoms with Crippen molar-refractivity contribution in [2.75, 3.05) is 41.0 Å². The van der Waals surface area contributed by atoms with E-state index in [9.17, 15) is 9.90 Å². The fraction of sp³-hybridized carbons (Fsp3) is 0.857. The maximum absolute atomic E-state index is 11.2. The van der Waals surface area contributed by atoms with E-state index in [0.29, 0.717) is 6.42 Å². The predicted octanol–water partition coefficient (Wildman–Crippen LogP) is -0.470. The molecular weight excluding hydrogens is 304 g/mol. The summed E-state index contributed by atoms with van der Waals surface area (Å²) >= 11 is 0. The van der Waals surface area contributed by atoms with Crippen molar-refractivity contribution in [2.45, 2.75) is 38.3 Å². The lowest BCUT2D eigenvalue weighted by molar-refractivity contribution is -0.513. The van der Waals surface area contributed by atoms with Crippen LogP contribution in [0, 0.1) is 0 Å². The molecule has 0 aromatic carbocycles. The van der Waals surface area contributed by atoms with E-state index in [-0.39, 0.29) is 0 Å². The Labute approximate surface area is 133 Å². The number of nitrogens with zero attached hydrogens (tertiary/aromatic N) is 2. The zero-order valence-corrected chi connectivity index (χ0v) is 15.0. The first kappa shape index (κ1) is 19.1. The fourth-order valence-corrected chi connectivity index (χ4v) is 4.43. The fourth-order valence-electron chi connectivity index (χ4n) is 2.72. The van der Waals surface area contributed by atoms with Gasteiger partial charge in [0, 0.05) is 27.4 Å². The van der Waals surface area contributed by atoms with Crippen molar-refractivity contribution >= 4 is 21.1 Å². The molecule has 1 atom stereocenters. The zero-order chi connectivity index (χ0) is 16.6. The van der Waals surface area contributed by atoms with Gasteiger partial charge in [-0.05, 0) is 12.8 Å². The average Bonchev–Trinajstić information content (AvgIpc) is 2.98. The SMILES string of the molecule is CCCC(C(=O)[O-])N1C=[N+](CCC[Si](OC)(OC)OC)CC1. The van der Waals surface area contributed by atoms with Crippen LogP contribution in [0.25, 0.3) is 0 Å². The van der Waals surface area contributed by atoms with Gasteiger partial charge in [-0.3, -0.25) is 9.48 Å². The smallest absolute Gasteiger partial charge is 0.500 e. The highest BCUT2D eigenvalue weighted by Gasteiger charge is 2.37. The third-order valence-corrected chi connectivity index (χ3v) is 6.88. The Hall–Kier alpha value is -0.963.